The van der Waals surface area contributed by atoms with Gasteiger partial charge in [-0.3, -0.25) is 0 Å². The van der Waals surface area contributed by atoms with E-state index in [1.165, 1.54) is 0 Å². The second-order valence-electron chi connectivity index (χ2n) is 4.73. The van der Waals surface area contributed by atoms with E-state index >= 15 is 0 Å². The number of hydrogen-bond donors (Lipinski definition) is 2. The average Bonchev–Trinajstić information content (AvgIpc) is 2.40. The lowest BCUT2D eigenvalue weighted by molar-refractivity contribution is 0.162. The van der Waals surface area contributed by atoms with Crippen molar-refractivity contribution in [2.24, 2.45) is 0 Å². The molecule has 0 aromatic heterocycles. The van der Waals surface area contributed by atoms with E-state index in [1.807, 2.05) is 30.3 Å². The van der Waals surface area contributed by atoms with Crippen molar-refractivity contribution in [2.45, 2.75) is 18.9 Å². The van der Waals surface area contributed by atoms with E-state index in [4.69, 9.17) is 4.74 Å². The van der Waals surface area contributed by atoms with Crippen molar-refractivity contribution in [2.75, 3.05) is 13.1 Å². The summed E-state index contributed by atoms with van der Waals surface area (Å²) in [4.78, 5) is 0. The predicted molar refractivity (Wildman–Crippen MR) is 72.1 cm³/mol. The van der Waals surface area contributed by atoms with Gasteiger partial charge < -0.3 is 15.2 Å². The fourth-order valence-electron chi connectivity index (χ4n) is 2.42. The second-order valence-corrected chi connectivity index (χ2v) is 4.73. The number of phenolic OH excluding ortho intramolecular Hbond substituents is 1. The smallest absolute Gasteiger partial charge is 0.123 e. The molecule has 0 amide bonds. The van der Waals surface area contributed by atoms with Crippen LogP contribution in [0.4, 0.5) is 0 Å². The minimum atomic E-state index is 0.306. The highest BCUT2D eigenvalue weighted by molar-refractivity contribution is 5.89. The van der Waals surface area contributed by atoms with Crippen LogP contribution in [0, 0.1) is 0 Å². The number of benzene rings is 2. The topological polar surface area (TPSA) is 41.5 Å². The minimum absolute atomic E-state index is 0.306. The third-order valence-electron chi connectivity index (χ3n) is 3.42. The molecular weight excluding hydrogens is 226 g/mol. The number of phenols is 1. The molecule has 1 aliphatic heterocycles. The summed E-state index contributed by atoms with van der Waals surface area (Å²) < 4.78 is 5.98. The molecule has 1 fully saturated rings. The van der Waals surface area contributed by atoms with Gasteiger partial charge in [0.2, 0.25) is 0 Å². The van der Waals surface area contributed by atoms with Gasteiger partial charge in [0.1, 0.15) is 17.6 Å². The van der Waals surface area contributed by atoms with Crippen molar-refractivity contribution < 1.29 is 9.84 Å². The molecule has 0 spiro atoms. The Morgan fingerprint density at radius 2 is 1.94 bits per heavy atom. The minimum Gasteiger partial charge on any atom is -0.507 e. The van der Waals surface area contributed by atoms with Crippen LogP contribution in [0.3, 0.4) is 0 Å². The Labute approximate surface area is 106 Å². The number of aromatic hydroxyl groups is 1. The molecule has 94 valence electrons. The lowest BCUT2D eigenvalue weighted by Crippen LogP contribution is -2.34. The monoisotopic (exact) mass is 243 g/mol. The second kappa shape index (κ2) is 4.86. The SMILES string of the molecule is Oc1cccc2cc(OC3CCNCC3)ccc12. The maximum absolute atomic E-state index is 9.73. The summed E-state index contributed by atoms with van der Waals surface area (Å²) in [6.07, 6.45) is 2.41. The Bertz CT molecular complexity index is 547. The average molecular weight is 243 g/mol. The predicted octanol–water partition coefficient (Wildman–Crippen LogP) is 2.68. The molecule has 0 aliphatic carbocycles. The molecule has 0 radical (unpaired) electrons. The summed E-state index contributed by atoms with van der Waals surface area (Å²) in [7, 11) is 0. The van der Waals surface area contributed by atoms with Gasteiger partial charge in [-0.2, -0.15) is 0 Å². The number of fused-ring (bicyclic) bond motifs is 1. The van der Waals surface area contributed by atoms with Crippen LogP contribution in [0.15, 0.2) is 36.4 Å². The number of ether oxygens (including phenoxy) is 1. The molecule has 2 N–H and O–H groups in total. The van der Waals surface area contributed by atoms with Crippen molar-refractivity contribution in [1.82, 2.24) is 5.32 Å². The van der Waals surface area contributed by atoms with Crippen molar-refractivity contribution in [3.63, 3.8) is 0 Å². The van der Waals surface area contributed by atoms with E-state index in [1.54, 1.807) is 6.07 Å². The van der Waals surface area contributed by atoms with Crippen molar-refractivity contribution in [3.8, 4) is 11.5 Å². The fraction of sp³-hybridized carbons (Fsp3) is 0.333. The van der Waals surface area contributed by atoms with Crippen molar-refractivity contribution >= 4 is 10.8 Å². The van der Waals surface area contributed by atoms with Crippen molar-refractivity contribution in [1.29, 1.82) is 0 Å². The van der Waals surface area contributed by atoms with Gasteiger partial charge in [-0.25, -0.2) is 0 Å². The molecule has 1 saturated heterocycles. The Kier molecular flexibility index (Phi) is 3.07. The standard InChI is InChI=1S/C15H17NO2/c17-15-3-1-2-11-10-13(4-5-14(11)15)18-12-6-8-16-9-7-12/h1-5,10,12,16-17H,6-9H2. The number of piperidine rings is 1. The highest BCUT2D eigenvalue weighted by Crippen LogP contribution is 2.28. The molecule has 18 heavy (non-hydrogen) atoms. The maximum Gasteiger partial charge on any atom is 0.123 e. The van der Waals surface area contributed by atoms with E-state index in [9.17, 15) is 5.11 Å². The third kappa shape index (κ3) is 2.27. The zero-order valence-corrected chi connectivity index (χ0v) is 10.2. The van der Waals surface area contributed by atoms with Crippen LogP contribution in [0.1, 0.15) is 12.8 Å². The molecule has 2 aromatic carbocycles. The highest BCUT2D eigenvalue weighted by Gasteiger charge is 2.14. The summed E-state index contributed by atoms with van der Waals surface area (Å²) in [6.45, 7) is 2.05. The quantitative estimate of drug-likeness (QED) is 0.852. The molecular formula is C15H17NO2. The molecule has 3 rings (SSSR count). The van der Waals surface area contributed by atoms with Crippen LogP contribution in [-0.4, -0.2) is 24.3 Å². The summed E-state index contributed by atoms with van der Waals surface area (Å²) in [5.41, 5.74) is 0. The molecule has 3 heteroatoms. The third-order valence-corrected chi connectivity index (χ3v) is 3.42. The van der Waals surface area contributed by atoms with Crippen LogP contribution < -0.4 is 10.1 Å². The first-order valence-electron chi connectivity index (χ1n) is 6.42. The van der Waals surface area contributed by atoms with E-state index < -0.39 is 0 Å². The Morgan fingerprint density at radius 3 is 2.78 bits per heavy atom. The van der Waals surface area contributed by atoms with Crippen LogP contribution in [0.25, 0.3) is 10.8 Å². The molecule has 0 atom stereocenters. The van der Waals surface area contributed by atoms with E-state index in [2.05, 4.69) is 5.32 Å². The Morgan fingerprint density at radius 1 is 1.11 bits per heavy atom. The lowest BCUT2D eigenvalue weighted by Gasteiger charge is -2.24. The number of nitrogens with one attached hydrogen (secondary N) is 1. The lowest BCUT2D eigenvalue weighted by atomic mass is 10.1. The number of hydrogen-bond acceptors (Lipinski definition) is 3. The zero-order chi connectivity index (χ0) is 12.4. The molecule has 1 aliphatic rings. The van der Waals surface area contributed by atoms with Gasteiger partial charge in [-0.05, 0) is 55.6 Å². The molecule has 0 saturated carbocycles. The van der Waals surface area contributed by atoms with Gasteiger partial charge in [0, 0.05) is 5.39 Å². The normalized spacial score (nSPS) is 16.9. The Hall–Kier alpha value is -1.74. The van der Waals surface area contributed by atoms with Gasteiger partial charge in [0.25, 0.3) is 0 Å². The number of rotatable bonds is 2. The van der Waals surface area contributed by atoms with Gasteiger partial charge in [0.05, 0.1) is 0 Å². The van der Waals surface area contributed by atoms with Crippen LogP contribution in [0.2, 0.25) is 0 Å². The van der Waals surface area contributed by atoms with E-state index in [0.29, 0.717) is 11.9 Å². The molecule has 1 heterocycles. The first-order chi connectivity index (χ1) is 8.83. The fourth-order valence-corrected chi connectivity index (χ4v) is 2.42. The first kappa shape index (κ1) is 11.4. The van der Waals surface area contributed by atoms with E-state index in [-0.39, 0.29) is 0 Å². The van der Waals surface area contributed by atoms with Crippen LogP contribution in [-0.2, 0) is 0 Å². The highest BCUT2D eigenvalue weighted by atomic mass is 16.5. The summed E-state index contributed by atoms with van der Waals surface area (Å²) in [6, 6.07) is 11.4. The van der Waals surface area contributed by atoms with Gasteiger partial charge in [-0.15, -0.1) is 0 Å². The van der Waals surface area contributed by atoms with Crippen LogP contribution in [0.5, 0.6) is 11.5 Å². The van der Waals surface area contributed by atoms with E-state index in [0.717, 1.165) is 42.5 Å². The first-order valence-corrected chi connectivity index (χ1v) is 6.42. The van der Waals surface area contributed by atoms with Crippen molar-refractivity contribution in [3.05, 3.63) is 36.4 Å². The molecule has 0 unspecified atom stereocenters. The summed E-state index contributed by atoms with van der Waals surface area (Å²) >= 11 is 0. The molecule has 2 aromatic rings. The maximum atomic E-state index is 9.73. The Balaban J connectivity index is 1.84. The van der Waals surface area contributed by atoms with Gasteiger partial charge in [-0.1, -0.05) is 12.1 Å². The molecule has 0 bridgehead atoms. The zero-order valence-electron chi connectivity index (χ0n) is 10.2. The van der Waals surface area contributed by atoms with Crippen LogP contribution >= 0.6 is 0 Å². The van der Waals surface area contributed by atoms with Gasteiger partial charge >= 0.3 is 0 Å². The summed E-state index contributed by atoms with van der Waals surface area (Å²) in [5.74, 6) is 1.21. The largest absolute Gasteiger partial charge is 0.507 e. The summed E-state index contributed by atoms with van der Waals surface area (Å²) in [5, 5.41) is 14.9. The molecule has 3 nitrogen and oxygen atoms in total. The van der Waals surface area contributed by atoms with Gasteiger partial charge in [0.15, 0.2) is 0 Å².